The van der Waals surface area contributed by atoms with E-state index in [1.54, 1.807) is 36.3 Å². The number of nitrogens with zero attached hydrogens (tertiary/aromatic N) is 1. The summed E-state index contributed by atoms with van der Waals surface area (Å²) in [6.07, 6.45) is 1.01. The first kappa shape index (κ1) is 16.9. The van der Waals surface area contributed by atoms with E-state index in [1.165, 1.54) is 0 Å². The largest absolute Gasteiger partial charge is 0.497 e. The summed E-state index contributed by atoms with van der Waals surface area (Å²) in [6.45, 7) is 1.71. The molecule has 1 heterocycles. The Morgan fingerprint density at radius 1 is 1.22 bits per heavy atom. The molecule has 2 N–H and O–H groups in total. The van der Waals surface area contributed by atoms with Crippen molar-refractivity contribution in [1.29, 1.82) is 0 Å². The zero-order chi connectivity index (χ0) is 16.7. The lowest BCUT2D eigenvalue weighted by Gasteiger charge is -2.30. The Bertz CT molecular complexity index is 524. The van der Waals surface area contributed by atoms with E-state index in [-0.39, 0.29) is 11.9 Å². The zero-order valence-corrected chi connectivity index (χ0v) is 13.2. The van der Waals surface area contributed by atoms with Gasteiger partial charge in [-0.05, 0) is 37.1 Å². The first-order valence-corrected chi connectivity index (χ1v) is 7.62. The minimum absolute atomic E-state index is 0.174. The number of rotatable bonds is 6. The average molecular weight is 322 g/mol. The van der Waals surface area contributed by atoms with Crippen molar-refractivity contribution in [2.24, 2.45) is 5.92 Å². The topological polar surface area (TPSA) is 88.1 Å². The molecular formula is C16H22N2O5. The zero-order valence-electron chi connectivity index (χ0n) is 13.2. The van der Waals surface area contributed by atoms with Crippen LogP contribution in [0.3, 0.4) is 0 Å². The molecule has 1 fully saturated rings. The van der Waals surface area contributed by atoms with Crippen molar-refractivity contribution < 1.29 is 24.2 Å². The molecule has 1 aromatic carbocycles. The SMILES string of the molecule is COc1ccc(OCCNC(=O)N2CCC(C(=O)O)CC2)cc1. The van der Waals surface area contributed by atoms with Gasteiger partial charge < -0.3 is 24.8 Å². The summed E-state index contributed by atoms with van der Waals surface area (Å²) in [5, 5.41) is 11.7. The minimum Gasteiger partial charge on any atom is -0.497 e. The number of urea groups is 1. The number of aliphatic carboxylic acids is 1. The van der Waals surface area contributed by atoms with Gasteiger partial charge in [-0.15, -0.1) is 0 Å². The number of amides is 2. The van der Waals surface area contributed by atoms with E-state index in [2.05, 4.69) is 5.32 Å². The number of carbonyl (C=O) groups is 2. The molecule has 0 radical (unpaired) electrons. The van der Waals surface area contributed by atoms with E-state index >= 15 is 0 Å². The molecule has 0 bridgehead atoms. The maximum atomic E-state index is 12.0. The Labute approximate surface area is 135 Å². The Morgan fingerprint density at radius 3 is 2.39 bits per heavy atom. The molecule has 1 saturated heterocycles. The van der Waals surface area contributed by atoms with Gasteiger partial charge in [0.15, 0.2) is 0 Å². The number of carbonyl (C=O) groups excluding carboxylic acids is 1. The van der Waals surface area contributed by atoms with Crippen LogP contribution in [0.5, 0.6) is 11.5 Å². The van der Waals surface area contributed by atoms with Gasteiger partial charge in [-0.2, -0.15) is 0 Å². The number of benzene rings is 1. The summed E-state index contributed by atoms with van der Waals surface area (Å²) >= 11 is 0. The maximum Gasteiger partial charge on any atom is 0.317 e. The maximum absolute atomic E-state index is 12.0. The summed E-state index contributed by atoms with van der Waals surface area (Å²) in [4.78, 5) is 24.5. The van der Waals surface area contributed by atoms with Crippen LogP contribution in [-0.4, -0.2) is 55.4 Å². The average Bonchev–Trinajstić information content (AvgIpc) is 2.59. The predicted molar refractivity (Wildman–Crippen MR) is 83.8 cm³/mol. The lowest BCUT2D eigenvalue weighted by molar-refractivity contribution is -0.143. The van der Waals surface area contributed by atoms with Gasteiger partial charge in [0.25, 0.3) is 0 Å². The molecular weight excluding hydrogens is 300 g/mol. The molecule has 0 saturated carbocycles. The van der Waals surface area contributed by atoms with Crippen molar-refractivity contribution >= 4 is 12.0 Å². The highest BCUT2D eigenvalue weighted by Gasteiger charge is 2.26. The number of methoxy groups -OCH3 is 1. The Balaban J connectivity index is 1.64. The molecule has 0 spiro atoms. The molecule has 0 aromatic heterocycles. The van der Waals surface area contributed by atoms with Gasteiger partial charge >= 0.3 is 12.0 Å². The normalized spacial score (nSPS) is 15.1. The van der Waals surface area contributed by atoms with Gasteiger partial charge in [0.05, 0.1) is 19.6 Å². The third kappa shape index (κ3) is 5.05. The number of hydrogen-bond donors (Lipinski definition) is 2. The number of nitrogens with one attached hydrogen (secondary N) is 1. The van der Waals surface area contributed by atoms with Crippen molar-refractivity contribution in [3.8, 4) is 11.5 Å². The van der Waals surface area contributed by atoms with E-state index in [9.17, 15) is 9.59 Å². The van der Waals surface area contributed by atoms with Gasteiger partial charge in [0.1, 0.15) is 18.1 Å². The molecule has 0 aliphatic carbocycles. The fraction of sp³-hybridized carbons (Fsp3) is 0.500. The molecule has 1 aliphatic heterocycles. The molecule has 1 aromatic rings. The van der Waals surface area contributed by atoms with Crippen LogP contribution < -0.4 is 14.8 Å². The van der Waals surface area contributed by atoms with E-state index in [0.717, 1.165) is 5.75 Å². The molecule has 126 valence electrons. The predicted octanol–water partition coefficient (Wildman–Crippen LogP) is 1.58. The third-order valence-electron chi connectivity index (χ3n) is 3.84. The Kier molecular flexibility index (Phi) is 6.08. The third-order valence-corrected chi connectivity index (χ3v) is 3.84. The van der Waals surface area contributed by atoms with Crippen LogP contribution in [-0.2, 0) is 4.79 Å². The molecule has 7 nitrogen and oxygen atoms in total. The highest BCUT2D eigenvalue weighted by molar-refractivity contribution is 5.75. The van der Waals surface area contributed by atoms with Crippen molar-refractivity contribution in [1.82, 2.24) is 10.2 Å². The Morgan fingerprint density at radius 2 is 1.83 bits per heavy atom. The summed E-state index contributed by atoms with van der Waals surface area (Å²) in [5.41, 5.74) is 0. The number of likely N-dealkylation sites (tertiary alicyclic amines) is 1. The van der Waals surface area contributed by atoms with Crippen LogP contribution in [0, 0.1) is 5.92 Å². The molecule has 0 unspecified atom stereocenters. The number of hydrogen-bond acceptors (Lipinski definition) is 4. The molecule has 2 rings (SSSR count). The van der Waals surface area contributed by atoms with Gasteiger partial charge in [-0.1, -0.05) is 0 Å². The molecule has 7 heteroatoms. The van der Waals surface area contributed by atoms with Crippen molar-refractivity contribution in [3.05, 3.63) is 24.3 Å². The van der Waals surface area contributed by atoms with Crippen molar-refractivity contribution in [2.75, 3.05) is 33.4 Å². The van der Waals surface area contributed by atoms with Crippen LogP contribution in [0.4, 0.5) is 4.79 Å². The van der Waals surface area contributed by atoms with Gasteiger partial charge in [0, 0.05) is 13.1 Å². The van der Waals surface area contributed by atoms with Gasteiger partial charge in [-0.3, -0.25) is 4.79 Å². The molecule has 0 atom stereocenters. The number of carboxylic acid groups (broad SMARTS) is 1. The van der Waals surface area contributed by atoms with E-state index in [4.69, 9.17) is 14.6 Å². The summed E-state index contributed by atoms with van der Waals surface area (Å²) in [7, 11) is 1.60. The van der Waals surface area contributed by atoms with Crippen LogP contribution in [0.25, 0.3) is 0 Å². The van der Waals surface area contributed by atoms with Gasteiger partial charge in [0.2, 0.25) is 0 Å². The Hall–Kier alpha value is -2.44. The second-order valence-electron chi connectivity index (χ2n) is 5.36. The summed E-state index contributed by atoms with van der Waals surface area (Å²) in [6, 6.07) is 7.04. The summed E-state index contributed by atoms with van der Waals surface area (Å²) in [5.74, 6) is 0.355. The van der Waals surface area contributed by atoms with Crippen molar-refractivity contribution in [3.63, 3.8) is 0 Å². The van der Waals surface area contributed by atoms with Crippen LogP contribution >= 0.6 is 0 Å². The number of piperidine rings is 1. The van der Waals surface area contributed by atoms with E-state index < -0.39 is 5.97 Å². The second-order valence-corrected chi connectivity index (χ2v) is 5.36. The smallest absolute Gasteiger partial charge is 0.317 e. The van der Waals surface area contributed by atoms with Crippen LogP contribution in [0.2, 0.25) is 0 Å². The van der Waals surface area contributed by atoms with Crippen LogP contribution in [0.15, 0.2) is 24.3 Å². The standard InChI is InChI=1S/C16H22N2O5/c1-22-13-2-4-14(5-3-13)23-11-8-17-16(21)18-9-6-12(7-10-18)15(19)20/h2-5,12H,6-11H2,1H3,(H,17,21)(H,19,20). The monoisotopic (exact) mass is 322 g/mol. The molecule has 1 aliphatic rings. The van der Waals surface area contributed by atoms with Gasteiger partial charge in [-0.25, -0.2) is 4.79 Å². The lowest BCUT2D eigenvalue weighted by Crippen LogP contribution is -2.46. The number of carboxylic acids is 1. The molecule has 2 amide bonds. The highest BCUT2D eigenvalue weighted by atomic mass is 16.5. The van der Waals surface area contributed by atoms with Crippen LogP contribution in [0.1, 0.15) is 12.8 Å². The number of ether oxygens (including phenoxy) is 2. The fourth-order valence-electron chi connectivity index (χ4n) is 2.44. The second kappa shape index (κ2) is 8.26. The highest BCUT2D eigenvalue weighted by Crippen LogP contribution is 2.18. The van der Waals surface area contributed by atoms with E-state index in [0.29, 0.717) is 44.8 Å². The minimum atomic E-state index is -0.780. The lowest BCUT2D eigenvalue weighted by atomic mass is 9.97. The fourth-order valence-corrected chi connectivity index (χ4v) is 2.44. The summed E-state index contributed by atoms with van der Waals surface area (Å²) < 4.78 is 10.6. The quantitative estimate of drug-likeness (QED) is 0.776. The van der Waals surface area contributed by atoms with E-state index in [1.807, 2.05) is 0 Å². The first-order chi connectivity index (χ1) is 11.1. The van der Waals surface area contributed by atoms with Crippen molar-refractivity contribution in [2.45, 2.75) is 12.8 Å². The molecule has 23 heavy (non-hydrogen) atoms. The first-order valence-electron chi connectivity index (χ1n) is 7.62.